The van der Waals surface area contributed by atoms with E-state index >= 15 is 0 Å². The third-order valence-electron chi connectivity index (χ3n) is 5.49. The Bertz CT molecular complexity index is 1040. The summed E-state index contributed by atoms with van der Waals surface area (Å²) < 4.78 is 5.60. The highest BCUT2D eigenvalue weighted by Gasteiger charge is 2.33. The number of aliphatic imine (C=N–C) groups is 1. The molecule has 7 heteroatoms. The van der Waals surface area contributed by atoms with Crippen molar-refractivity contribution in [3.8, 4) is 5.75 Å². The van der Waals surface area contributed by atoms with Crippen LogP contribution in [0.25, 0.3) is 0 Å². The van der Waals surface area contributed by atoms with Gasteiger partial charge in [0.25, 0.3) is 11.8 Å². The van der Waals surface area contributed by atoms with E-state index in [1.165, 1.54) is 0 Å². The first-order chi connectivity index (χ1) is 15.8. The van der Waals surface area contributed by atoms with Crippen molar-refractivity contribution in [1.82, 2.24) is 10.2 Å². The Kier molecular flexibility index (Phi) is 8.55. The second kappa shape index (κ2) is 11.4. The number of nitrogens with zero attached hydrogens (tertiary/aromatic N) is 2. The van der Waals surface area contributed by atoms with Crippen molar-refractivity contribution in [3.63, 3.8) is 0 Å². The number of nitrogens with one attached hydrogen (secondary N) is 1. The fraction of sp³-hybridized carbons (Fsp3) is 0.423. The number of carbonyl (C=O) groups excluding carboxylic acids is 2. The summed E-state index contributed by atoms with van der Waals surface area (Å²) in [4.78, 5) is 33.3. The van der Waals surface area contributed by atoms with Gasteiger partial charge in [0, 0.05) is 12.3 Å². The quantitative estimate of drug-likeness (QED) is 0.614. The van der Waals surface area contributed by atoms with Crippen LogP contribution in [-0.2, 0) is 4.79 Å². The van der Waals surface area contributed by atoms with Crippen LogP contribution in [0.1, 0.15) is 48.7 Å². The molecule has 0 saturated carbocycles. The zero-order chi connectivity index (χ0) is 24.0. The van der Waals surface area contributed by atoms with Gasteiger partial charge in [0.05, 0.1) is 17.9 Å². The number of amides is 2. The Hall–Kier alpha value is -2.80. The lowest BCUT2D eigenvalue weighted by Gasteiger charge is -2.33. The number of ether oxygens (including phenoxy) is 1. The van der Waals surface area contributed by atoms with Crippen molar-refractivity contribution in [2.45, 2.75) is 47.1 Å². The fourth-order valence-electron chi connectivity index (χ4n) is 3.64. The Morgan fingerprint density at radius 2 is 1.94 bits per heavy atom. The van der Waals surface area contributed by atoms with Crippen molar-refractivity contribution < 1.29 is 14.3 Å². The lowest BCUT2D eigenvalue weighted by Crippen LogP contribution is -2.53. The van der Waals surface area contributed by atoms with E-state index in [1.54, 1.807) is 34.9 Å². The van der Waals surface area contributed by atoms with Gasteiger partial charge in [-0.05, 0) is 62.4 Å². The number of amidine groups is 1. The number of hydrogen-bond donors (Lipinski definition) is 1. The van der Waals surface area contributed by atoms with E-state index in [4.69, 9.17) is 9.73 Å². The maximum absolute atomic E-state index is 13.7. The molecule has 1 fully saturated rings. The molecule has 1 heterocycles. The number of para-hydroxylation sites is 1. The number of carbonyl (C=O) groups is 2. The molecule has 176 valence electrons. The topological polar surface area (TPSA) is 71.0 Å². The van der Waals surface area contributed by atoms with Gasteiger partial charge >= 0.3 is 0 Å². The molecule has 1 saturated heterocycles. The zero-order valence-electron chi connectivity index (χ0n) is 20.1. The molecule has 1 atom stereocenters. The zero-order valence-corrected chi connectivity index (χ0v) is 20.9. The molecule has 33 heavy (non-hydrogen) atoms. The third-order valence-corrected chi connectivity index (χ3v) is 6.55. The summed E-state index contributed by atoms with van der Waals surface area (Å²) in [6.07, 6.45) is 0.883. The Morgan fingerprint density at radius 3 is 2.67 bits per heavy atom. The van der Waals surface area contributed by atoms with E-state index in [-0.39, 0.29) is 17.7 Å². The largest absolute Gasteiger partial charge is 0.493 e. The second-order valence-corrected chi connectivity index (χ2v) is 9.56. The lowest BCUT2D eigenvalue weighted by molar-refractivity contribution is -0.130. The molecule has 2 amide bonds. The molecule has 1 aliphatic rings. The first kappa shape index (κ1) is 24.8. The monoisotopic (exact) mass is 467 g/mol. The maximum atomic E-state index is 13.7. The molecule has 2 aromatic rings. The van der Waals surface area contributed by atoms with Crippen LogP contribution in [0.15, 0.2) is 47.5 Å². The van der Waals surface area contributed by atoms with Gasteiger partial charge in [0.15, 0.2) is 5.17 Å². The third kappa shape index (κ3) is 6.16. The number of rotatable bonds is 7. The molecule has 6 nitrogen and oxygen atoms in total. The van der Waals surface area contributed by atoms with Crippen LogP contribution in [-0.4, -0.2) is 46.8 Å². The molecular weight excluding hydrogens is 434 g/mol. The highest BCUT2D eigenvalue weighted by molar-refractivity contribution is 8.13. The Balaban J connectivity index is 1.86. The minimum Gasteiger partial charge on any atom is -0.493 e. The molecular formula is C26H33N3O3S. The molecule has 1 aliphatic heterocycles. The normalized spacial score (nSPS) is 16.1. The van der Waals surface area contributed by atoms with E-state index in [0.717, 1.165) is 29.0 Å². The van der Waals surface area contributed by atoms with Crippen LogP contribution < -0.4 is 10.1 Å². The molecule has 2 aromatic carbocycles. The van der Waals surface area contributed by atoms with E-state index in [0.29, 0.717) is 29.6 Å². The van der Waals surface area contributed by atoms with E-state index in [1.807, 2.05) is 52.8 Å². The van der Waals surface area contributed by atoms with Gasteiger partial charge in [0.1, 0.15) is 11.8 Å². The minimum atomic E-state index is -0.672. The summed E-state index contributed by atoms with van der Waals surface area (Å²) in [6.45, 7) is 10.9. The van der Waals surface area contributed by atoms with Crippen molar-refractivity contribution in [2.24, 2.45) is 10.9 Å². The molecule has 0 unspecified atom stereocenters. The van der Waals surface area contributed by atoms with Gasteiger partial charge in [-0.15, -0.1) is 0 Å². The lowest BCUT2D eigenvalue weighted by atomic mass is 10.0. The standard InChI is InChI=1S/C26H33N3O3S/c1-6-32-22-11-8-7-10-20(22)24(30)28-23(17(2)3)25(31)29-14-9-15-33-26(29)27-21-16-18(4)12-13-19(21)5/h7-8,10-13,16-17,23H,6,9,14-15H2,1-5H3,(H,28,30)/t23-/m0/s1. The Morgan fingerprint density at radius 1 is 1.18 bits per heavy atom. The number of aryl methyl sites for hydroxylation is 2. The summed E-state index contributed by atoms with van der Waals surface area (Å²) in [5.41, 5.74) is 3.48. The van der Waals surface area contributed by atoms with Gasteiger partial charge in [-0.3, -0.25) is 14.5 Å². The number of thioether (sulfide) groups is 1. The highest BCUT2D eigenvalue weighted by Crippen LogP contribution is 2.27. The van der Waals surface area contributed by atoms with Crippen LogP contribution in [0, 0.1) is 19.8 Å². The van der Waals surface area contributed by atoms with E-state index in [9.17, 15) is 9.59 Å². The summed E-state index contributed by atoms with van der Waals surface area (Å²) in [5.74, 6) is 0.883. The van der Waals surface area contributed by atoms with Gasteiger partial charge in [-0.1, -0.05) is 49.9 Å². The van der Waals surface area contributed by atoms with Gasteiger partial charge < -0.3 is 10.1 Å². The summed E-state index contributed by atoms with van der Waals surface area (Å²) in [5, 5.41) is 3.65. The van der Waals surface area contributed by atoms with E-state index < -0.39 is 6.04 Å². The van der Waals surface area contributed by atoms with Crippen molar-refractivity contribution >= 4 is 34.4 Å². The van der Waals surface area contributed by atoms with Crippen LogP contribution >= 0.6 is 11.8 Å². The molecule has 1 N–H and O–H groups in total. The average Bonchev–Trinajstić information content (AvgIpc) is 2.80. The molecule has 0 spiro atoms. The average molecular weight is 468 g/mol. The number of benzene rings is 2. The van der Waals surface area contributed by atoms with Crippen molar-refractivity contribution in [3.05, 3.63) is 59.2 Å². The smallest absolute Gasteiger partial charge is 0.255 e. The summed E-state index contributed by atoms with van der Waals surface area (Å²) in [7, 11) is 0. The molecule has 0 aromatic heterocycles. The van der Waals surface area contributed by atoms with E-state index in [2.05, 4.69) is 11.4 Å². The van der Waals surface area contributed by atoms with Crippen LogP contribution in [0.3, 0.4) is 0 Å². The highest BCUT2D eigenvalue weighted by atomic mass is 32.2. The molecule has 3 rings (SSSR count). The molecule has 0 bridgehead atoms. The maximum Gasteiger partial charge on any atom is 0.255 e. The predicted molar refractivity (Wildman–Crippen MR) is 136 cm³/mol. The van der Waals surface area contributed by atoms with Crippen molar-refractivity contribution in [1.29, 1.82) is 0 Å². The van der Waals surface area contributed by atoms with Crippen LogP contribution in [0.2, 0.25) is 0 Å². The predicted octanol–water partition coefficient (Wildman–Crippen LogP) is 5.11. The van der Waals surface area contributed by atoms with Crippen LogP contribution in [0.5, 0.6) is 5.75 Å². The summed E-state index contributed by atoms with van der Waals surface area (Å²) >= 11 is 1.58. The second-order valence-electron chi connectivity index (χ2n) is 8.50. The van der Waals surface area contributed by atoms with Crippen molar-refractivity contribution in [2.75, 3.05) is 18.9 Å². The first-order valence-electron chi connectivity index (χ1n) is 11.4. The number of hydrogen-bond acceptors (Lipinski definition) is 5. The fourth-order valence-corrected chi connectivity index (χ4v) is 4.59. The van der Waals surface area contributed by atoms with Crippen LogP contribution in [0.4, 0.5) is 5.69 Å². The van der Waals surface area contributed by atoms with Gasteiger partial charge in [-0.25, -0.2) is 4.99 Å². The minimum absolute atomic E-state index is 0.0883. The van der Waals surface area contributed by atoms with Gasteiger partial charge in [-0.2, -0.15) is 0 Å². The SMILES string of the molecule is CCOc1ccccc1C(=O)N[C@H](C(=O)N1CCCSC1=Nc1cc(C)ccc1C)C(C)C. The Labute approximate surface area is 200 Å². The van der Waals surface area contributed by atoms with Gasteiger partial charge in [0.2, 0.25) is 0 Å². The molecule has 0 aliphatic carbocycles. The first-order valence-corrected chi connectivity index (χ1v) is 12.4. The summed E-state index contributed by atoms with van der Waals surface area (Å²) in [6, 6.07) is 12.6. The molecule has 0 radical (unpaired) electrons.